The van der Waals surface area contributed by atoms with E-state index in [1.165, 1.54) is 28.7 Å². The predicted octanol–water partition coefficient (Wildman–Crippen LogP) is 0.484. The van der Waals surface area contributed by atoms with Crippen molar-refractivity contribution in [2.24, 2.45) is 5.14 Å². The standard InChI is InChI=1S/C14H20N6O3S2/c1-14(2,3)20-18-12(17-19-20)8-16-13(21)9-24-10-4-6-11(7-5-10)25(15,22)23/h4-7H,8-9H2,1-3H3,(H,16,21)(H2,15,22,23). The maximum Gasteiger partial charge on any atom is 0.238 e. The smallest absolute Gasteiger partial charge is 0.238 e. The normalized spacial score (nSPS) is 12.2. The Morgan fingerprint density at radius 1 is 1.28 bits per heavy atom. The van der Waals surface area contributed by atoms with Crippen LogP contribution in [0.3, 0.4) is 0 Å². The number of tetrazole rings is 1. The second kappa shape index (κ2) is 7.50. The molecule has 0 unspecified atom stereocenters. The highest BCUT2D eigenvalue weighted by Gasteiger charge is 2.17. The van der Waals surface area contributed by atoms with Crippen LogP contribution in [-0.2, 0) is 26.9 Å². The van der Waals surface area contributed by atoms with Gasteiger partial charge in [0.2, 0.25) is 15.9 Å². The summed E-state index contributed by atoms with van der Waals surface area (Å²) in [7, 11) is -3.71. The molecule has 2 aromatic rings. The Balaban J connectivity index is 1.82. The van der Waals surface area contributed by atoms with Crippen LogP contribution in [0.15, 0.2) is 34.1 Å². The second-order valence-electron chi connectivity index (χ2n) is 6.25. The fourth-order valence-corrected chi connectivity index (χ4v) is 2.95. The lowest BCUT2D eigenvalue weighted by atomic mass is 10.1. The van der Waals surface area contributed by atoms with Crippen LogP contribution in [0.5, 0.6) is 0 Å². The summed E-state index contributed by atoms with van der Waals surface area (Å²) < 4.78 is 22.4. The Morgan fingerprint density at radius 2 is 1.92 bits per heavy atom. The van der Waals surface area contributed by atoms with Crippen LogP contribution in [0.2, 0.25) is 0 Å². The first kappa shape index (κ1) is 19.3. The van der Waals surface area contributed by atoms with Crippen molar-refractivity contribution in [3.8, 4) is 0 Å². The van der Waals surface area contributed by atoms with Gasteiger partial charge in [0.15, 0.2) is 5.82 Å². The quantitative estimate of drug-likeness (QED) is 0.692. The first-order valence-electron chi connectivity index (χ1n) is 7.37. The topological polar surface area (TPSA) is 133 Å². The summed E-state index contributed by atoms with van der Waals surface area (Å²) in [5.41, 5.74) is -0.270. The summed E-state index contributed by atoms with van der Waals surface area (Å²) in [5.74, 6) is 0.431. The highest BCUT2D eigenvalue weighted by molar-refractivity contribution is 8.00. The third-order valence-electron chi connectivity index (χ3n) is 3.02. The van der Waals surface area contributed by atoms with Gasteiger partial charge in [-0.15, -0.1) is 22.0 Å². The van der Waals surface area contributed by atoms with Crippen molar-refractivity contribution >= 4 is 27.7 Å². The molecule has 1 aromatic heterocycles. The van der Waals surface area contributed by atoms with Crippen molar-refractivity contribution in [1.82, 2.24) is 25.5 Å². The maximum atomic E-state index is 11.9. The zero-order valence-electron chi connectivity index (χ0n) is 14.1. The molecule has 11 heteroatoms. The Bertz CT molecular complexity index is 840. The monoisotopic (exact) mass is 384 g/mol. The molecule has 0 saturated carbocycles. The Kier molecular flexibility index (Phi) is 5.80. The van der Waals surface area contributed by atoms with Crippen LogP contribution in [-0.4, -0.2) is 40.3 Å². The number of carbonyl (C=O) groups is 1. The molecule has 0 fully saturated rings. The fourth-order valence-electron chi connectivity index (χ4n) is 1.70. The molecule has 0 aliphatic heterocycles. The van der Waals surface area contributed by atoms with Crippen LogP contribution < -0.4 is 10.5 Å². The molecule has 1 heterocycles. The number of hydrogen-bond donors (Lipinski definition) is 2. The molecule has 2 rings (SSSR count). The average Bonchev–Trinajstić information content (AvgIpc) is 2.99. The molecular weight excluding hydrogens is 364 g/mol. The molecule has 3 N–H and O–H groups in total. The van der Waals surface area contributed by atoms with Crippen molar-refractivity contribution in [1.29, 1.82) is 0 Å². The first-order chi connectivity index (χ1) is 11.6. The van der Waals surface area contributed by atoms with Gasteiger partial charge < -0.3 is 5.32 Å². The van der Waals surface area contributed by atoms with Crippen LogP contribution >= 0.6 is 11.8 Å². The van der Waals surface area contributed by atoms with Gasteiger partial charge in [-0.1, -0.05) is 0 Å². The maximum absolute atomic E-state index is 11.9. The van der Waals surface area contributed by atoms with Gasteiger partial charge in [0.25, 0.3) is 0 Å². The molecule has 1 aromatic carbocycles. The number of nitrogens with two attached hydrogens (primary N) is 1. The van der Waals surface area contributed by atoms with Gasteiger partial charge in [-0.3, -0.25) is 4.79 Å². The van der Waals surface area contributed by atoms with E-state index in [1.807, 2.05) is 20.8 Å². The van der Waals surface area contributed by atoms with Gasteiger partial charge in [0.1, 0.15) is 0 Å². The predicted molar refractivity (Wildman–Crippen MR) is 93.2 cm³/mol. The van der Waals surface area contributed by atoms with E-state index in [2.05, 4.69) is 20.7 Å². The fraction of sp³-hybridized carbons (Fsp3) is 0.429. The minimum absolute atomic E-state index is 0.0364. The van der Waals surface area contributed by atoms with E-state index in [1.54, 1.807) is 12.1 Å². The number of carbonyl (C=O) groups excluding carboxylic acids is 1. The number of nitrogens with zero attached hydrogens (tertiary/aromatic N) is 4. The van der Waals surface area contributed by atoms with Crippen LogP contribution in [0, 0.1) is 0 Å². The molecule has 136 valence electrons. The zero-order valence-corrected chi connectivity index (χ0v) is 15.8. The molecule has 0 spiro atoms. The van der Waals surface area contributed by atoms with Gasteiger partial charge in [0, 0.05) is 4.90 Å². The third-order valence-corrected chi connectivity index (χ3v) is 4.96. The lowest BCUT2D eigenvalue weighted by Crippen LogP contribution is -2.26. The van der Waals surface area contributed by atoms with Gasteiger partial charge in [0.05, 0.1) is 22.7 Å². The number of benzene rings is 1. The highest BCUT2D eigenvalue weighted by atomic mass is 32.2. The van der Waals surface area contributed by atoms with Crippen molar-refractivity contribution in [3.63, 3.8) is 0 Å². The molecule has 0 bridgehead atoms. The molecule has 1 amide bonds. The number of aromatic nitrogens is 4. The summed E-state index contributed by atoms with van der Waals surface area (Å²) in [4.78, 5) is 14.2. The van der Waals surface area contributed by atoms with Crippen molar-refractivity contribution < 1.29 is 13.2 Å². The number of thioether (sulfide) groups is 1. The van der Waals surface area contributed by atoms with Crippen molar-refractivity contribution in [2.45, 2.75) is 42.6 Å². The van der Waals surface area contributed by atoms with E-state index in [0.717, 1.165) is 4.90 Å². The molecule has 0 aliphatic rings. The largest absolute Gasteiger partial charge is 0.348 e. The van der Waals surface area contributed by atoms with Crippen molar-refractivity contribution in [3.05, 3.63) is 30.1 Å². The van der Waals surface area contributed by atoms with Gasteiger partial charge in [-0.2, -0.15) is 4.80 Å². The van der Waals surface area contributed by atoms with E-state index in [0.29, 0.717) is 5.82 Å². The van der Waals surface area contributed by atoms with E-state index in [4.69, 9.17) is 5.14 Å². The number of rotatable bonds is 6. The van der Waals surface area contributed by atoms with E-state index in [9.17, 15) is 13.2 Å². The number of nitrogens with one attached hydrogen (secondary N) is 1. The number of hydrogen-bond acceptors (Lipinski definition) is 7. The highest BCUT2D eigenvalue weighted by Crippen LogP contribution is 2.19. The number of amides is 1. The first-order valence-corrected chi connectivity index (χ1v) is 9.90. The minimum atomic E-state index is -3.71. The van der Waals surface area contributed by atoms with E-state index in [-0.39, 0.29) is 28.6 Å². The minimum Gasteiger partial charge on any atom is -0.348 e. The Hall–Kier alpha value is -1.98. The van der Waals surface area contributed by atoms with Crippen LogP contribution in [0.1, 0.15) is 26.6 Å². The molecule has 9 nitrogen and oxygen atoms in total. The lowest BCUT2D eigenvalue weighted by Gasteiger charge is -2.15. The van der Waals surface area contributed by atoms with Crippen LogP contribution in [0.25, 0.3) is 0 Å². The Morgan fingerprint density at radius 3 is 2.44 bits per heavy atom. The van der Waals surface area contributed by atoms with Crippen LogP contribution in [0.4, 0.5) is 0 Å². The number of primary sulfonamides is 1. The van der Waals surface area contributed by atoms with Gasteiger partial charge in [-0.25, -0.2) is 13.6 Å². The third kappa shape index (κ3) is 5.80. The van der Waals surface area contributed by atoms with E-state index >= 15 is 0 Å². The molecular formula is C14H20N6O3S2. The molecule has 25 heavy (non-hydrogen) atoms. The SMILES string of the molecule is CC(C)(C)n1nnc(CNC(=O)CSc2ccc(S(N)(=O)=O)cc2)n1. The molecule has 0 aliphatic carbocycles. The summed E-state index contributed by atoms with van der Waals surface area (Å²) in [5, 5.41) is 19.8. The van der Waals surface area contributed by atoms with Gasteiger partial charge in [-0.05, 0) is 50.3 Å². The Labute approximate surface area is 150 Å². The van der Waals surface area contributed by atoms with Crippen molar-refractivity contribution in [2.75, 3.05) is 5.75 Å². The number of sulfonamides is 1. The summed E-state index contributed by atoms with van der Waals surface area (Å²) in [6.45, 7) is 6.05. The van der Waals surface area contributed by atoms with Gasteiger partial charge >= 0.3 is 0 Å². The van der Waals surface area contributed by atoms with E-state index < -0.39 is 10.0 Å². The molecule has 0 saturated heterocycles. The lowest BCUT2D eigenvalue weighted by molar-refractivity contribution is -0.118. The molecule has 0 radical (unpaired) electrons. The zero-order chi connectivity index (χ0) is 18.7. The average molecular weight is 384 g/mol. The second-order valence-corrected chi connectivity index (χ2v) is 8.86. The summed E-state index contributed by atoms with van der Waals surface area (Å²) in [6.07, 6.45) is 0. The summed E-state index contributed by atoms with van der Waals surface area (Å²) >= 11 is 1.28. The summed E-state index contributed by atoms with van der Waals surface area (Å²) in [6, 6.07) is 6.02. The molecule has 0 atom stereocenters.